The summed E-state index contributed by atoms with van der Waals surface area (Å²) in [5.41, 5.74) is 2.12. The van der Waals surface area contributed by atoms with Gasteiger partial charge in [-0.05, 0) is 42.2 Å². The van der Waals surface area contributed by atoms with E-state index in [2.05, 4.69) is 22.4 Å². The van der Waals surface area contributed by atoms with Gasteiger partial charge in [-0.25, -0.2) is 0 Å². The van der Waals surface area contributed by atoms with Gasteiger partial charge in [-0.1, -0.05) is 61.0 Å². The second-order valence-corrected chi connectivity index (χ2v) is 8.24. The van der Waals surface area contributed by atoms with E-state index in [1.807, 2.05) is 42.5 Å². The fraction of sp³-hybridized carbons (Fsp3) is 0.238. The molecule has 29 heavy (non-hydrogen) atoms. The van der Waals surface area contributed by atoms with Crippen molar-refractivity contribution in [3.63, 3.8) is 0 Å². The summed E-state index contributed by atoms with van der Waals surface area (Å²) in [6, 6.07) is 13.3. The van der Waals surface area contributed by atoms with Crippen LogP contribution in [0.15, 0.2) is 42.5 Å². The first-order valence-corrected chi connectivity index (χ1v) is 10.5. The van der Waals surface area contributed by atoms with Crippen molar-refractivity contribution in [1.29, 1.82) is 0 Å². The van der Waals surface area contributed by atoms with Gasteiger partial charge in [-0.15, -0.1) is 10.2 Å². The van der Waals surface area contributed by atoms with E-state index in [4.69, 9.17) is 16.3 Å². The normalized spacial score (nSPS) is 16.3. The quantitative estimate of drug-likeness (QED) is 0.601. The van der Waals surface area contributed by atoms with Crippen LogP contribution in [-0.2, 0) is 17.6 Å². The van der Waals surface area contributed by atoms with E-state index in [0.29, 0.717) is 23.2 Å². The second kappa shape index (κ2) is 8.39. The van der Waals surface area contributed by atoms with E-state index in [0.717, 1.165) is 46.5 Å². The number of halogens is 1. The smallest absolute Gasteiger partial charge is 0.286 e. The van der Waals surface area contributed by atoms with E-state index in [1.54, 1.807) is 0 Å². The minimum Gasteiger partial charge on any atom is -0.437 e. The van der Waals surface area contributed by atoms with Crippen LogP contribution in [0.3, 0.4) is 0 Å². The molecule has 2 aromatic carbocycles. The van der Waals surface area contributed by atoms with Crippen LogP contribution in [-0.4, -0.2) is 26.6 Å². The van der Waals surface area contributed by atoms with Gasteiger partial charge in [0.25, 0.3) is 5.24 Å². The number of nitrogens with one attached hydrogen (secondary N) is 1. The van der Waals surface area contributed by atoms with Crippen molar-refractivity contribution in [1.82, 2.24) is 15.5 Å². The third-order valence-electron chi connectivity index (χ3n) is 4.69. The molecule has 148 valence electrons. The van der Waals surface area contributed by atoms with Crippen LogP contribution < -0.4 is 10.1 Å². The molecule has 1 N–H and O–H groups in total. The standard InChI is InChI=1S/C21H18ClN3O3S/c1-2-5-12-10-14(9-8-13(12)11-17-19(26)23-21(27)29-17)28-20-16-7-4-3-6-15(16)18(22)24-25-20/h3-4,6-10,17H,2,5,11H2,1H3,(H,23,26,27). The van der Waals surface area contributed by atoms with Gasteiger partial charge in [0.15, 0.2) is 5.15 Å². The van der Waals surface area contributed by atoms with Crippen molar-refractivity contribution in [2.75, 3.05) is 0 Å². The van der Waals surface area contributed by atoms with Crippen LogP contribution in [0.2, 0.25) is 5.15 Å². The number of carbonyl (C=O) groups is 2. The molecule has 1 saturated heterocycles. The highest BCUT2D eigenvalue weighted by Crippen LogP contribution is 2.32. The van der Waals surface area contributed by atoms with Crippen LogP contribution in [0, 0.1) is 0 Å². The molecule has 1 fully saturated rings. The number of thioether (sulfide) groups is 1. The highest BCUT2D eigenvalue weighted by molar-refractivity contribution is 8.15. The second-order valence-electron chi connectivity index (χ2n) is 6.71. The lowest BCUT2D eigenvalue weighted by Crippen LogP contribution is -2.25. The van der Waals surface area contributed by atoms with Crippen molar-refractivity contribution in [2.24, 2.45) is 0 Å². The summed E-state index contributed by atoms with van der Waals surface area (Å²) in [6.07, 6.45) is 2.29. The predicted molar refractivity (Wildman–Crippen MR) is 114 cm³/mol. The molecule has 1 aliphatic rings. The lowest BCUT2D eigenvalue weighted by atomic mass is 9.98. The molecule has 4 rings (SSSR count). The molecule has 2 amide bonds. The zero-order chi connectivity index (χ0) is 20.4. The molecular formula is C21H18ClN3O3S. The lowest BCUT2D eigenvalue weighted by molar-refractivity contribution is -0.118. The molecule has 0 aliphatic carbocycles. The summed E-state index contributed by atoms with van der Waals surface area (Å²) in [5, 5.41) is 11.6. The van der Waals surface area contributed by atoms with Crippen LogP contribution in [0.25, 0.3) is 10.8 Å². The van der Waals surface area contributed by atoms with E-state index in [-0.39, 0.29) is 11.1 Å². The molecule has 1 unspecified atom stereocenters. The Labute approximate surface area is 177 Å². The molecule has 8 heteroatoms. The Balaban J connectivity index is 1.62. The maximum absolute atomic E-state index is 11.9. The third-order valence-corrected chi connectivity index (χ3v) is 5.95. The Morgan fingerprint density at radius 2 is 1.90 bits per heavy atom. The summed E-state index contributed by atoms with van der Waals surface area (Å²) in [5.74, 6) is 0.792. The summed E-state index contributed by atoms with van der Waals surface area (Å²) in [6.45, 7) is 2.09. The van der Waals surface area contributed by atoms with E-state index < -0.39 is 5.25 Å². The summed E-state index contributed by atoms with van der Waals surface area (Å²) >= 11 is 7.18. The maximum Gasteiger partial charge on any atom is 0.286 e. The Kier molecular flexibility index (Phi) is 5.69. The molecule has 0 bridgehead atoms. The van der Waals surface area contributed by atoms with Crippen molar-refractivity contribution >= 4 is 45.3 Å². The van der Waals surface area contributed by atoms with Crippen molar-refractivity contribution in [3.05, 3.63) is 58.7 Å². The summed E-state index contributed by atoms with van der Waals surface area (Å²) in [4.78, 5) is 23.4. The molecule has 1 atom stereocenters. The van der Waals surface area contributed by atoms with E-state index >= 15 is 0 Å². The Hall–Kier alpha value is -2.64. The van der Waals surface area contributed by atoms with Crippen LogP contribution in [0.4, 0.5) is 4.79 Å². The fourth-order valence-corrected chi connectivity index (χ4v) is 4.38. The van der Waals surface area contributed by atoms with Gasteiger partial charge in [-0.2, -0.15) is 0 Å². The first-order valence-electron chi connectivity index (χ1n) is 9.27. The van der Waals surface area contributed by atoms with Gasteiger partial charge in [0.2, 0.25) is 11.8 Å². The van der Waals surface area contributed by atoms with Crippen molar-refractivity contribution in [2.45, 2.75) is 31.4 Å². The molecule has 2 heterocycles. The first kappa shape index (κ1) is 19.7. The predicted octanol–water partition coefficient (Wildman–Crippen LogP) is 4.92. The summed E-state index contributed by atoms with van der Waals surface area (Å²) in [7, 11) is 0. The molecule has 1 aliphatic heterocycles. The van der Waals surface area contributed by atoms with Crippen molar-refractivity contribution in [3.8, 4) is 11.6 Å². The number of aromatic nitrogens is 2. The average molecular weight is 428 g/mol. The number of hydrogen-bond acceptors (Lipinski definition) is 6. The average Bonchev–Trinajstić information content (AvgIpc) is 3.03. The number of hydrogen-bond donors (Lipinski definition) is 1. The number of ether oxygens (including phenoxy) is 1. The number of fused-ring (bicyclic) bond motifs is 1. The number of nitrogens with zero attached hydrogens (tertiary/aromatic N) is 2. The molecule has 0 radical (unpaired) electrons. The maximum atomic E-state index is 11.9. The van der Waals surface area contributed by atoms with Gasteiger partial charge in [0.1, 0.15) is 5.75 Å². The van der Waals surface area contributed by atoms with Gasteiger partial charge in [0.05, 0.1) is 5.25 Å². The Morgan fingerprint density at radius 1 is 1.10 bits per heavy atom. The monoisotopic (exact) mass is 427 g/mol. The molecular weight excluding hydrogens is 410 g/mol. The number of aryl methyl sites for hydroxylation is 1. The minimum atomic E-state index is -0.393. The molecule has 6 nitrogen and oxygen atoms in total. The van der Waals surface area contributed by atoms with Gasteiger partial charge in [-0.3, -0.25) is 14.9 Å². The lowest BCUT2D eigenvalue weighted by Gasteiger charge is -2.14. The van der Waals surface area contributed by atoms with E-state index in [1.165, 1.54) is 0 Å². The zero-order valence-corrected chi connectivity index (χ0v) is 17.2. The Bertz CT molecular complexity index is 1110. The van der Waals surface area contributed by atoms with Crippen molar-refractivity contribution < 1.29 is 14.3 Å². The zero-order valence-electron chi connectivity index (χ0n) is 15.6. The number of benzene rings is 2. The first-order chi connectivity index (χ1) is 14.0. The highest BCUT2D eigenvalue weighted by atomic mass is 35.5. The van der Waals surface area contributed by atoms with Crippen LogP contribution in [0.1, 0.15) is 24.5 Å². The minimum absolute atomic E-state index is 0.231. The molecule has 0 saturated carbocycles. The topological polar surface area (TPSA) is 81.2 Å². The largest absolute Gasteiger partial charge is 0.437 e. The van der Waals surface area contributed by atoms with Crippen LogP contribution in [0.5, 0.6) is 11.6 Å². The number of imide groups is 1. The third kappa shape index (κ3) is 4.21. The number of rotatable bonds is 6. The van der Waals surface area contributed by atoms with Gasteiger partial charge < -0.3 is 4.74 Å². The van der Waals surface area contributed by atoms with Crippen LogP contribution >= 0.6 is 23.4 Å². The van der Waals surface area contributed by atoms with Gasteiger partial charge in [0, 0.05) is 10.8 Å². The fourth-order valence-electron chi connectivity index (χ4n) is 3.33. The van der Waals surface area contributed by atoms with E-state index in [9.17, 15) is 9.59 Å². The summed E-state index contributed by atoms with van der Waals surface area (Å²) < 4.78 is 6.03. The molecule has 3 aromatic rings. The number of carbonyl (C=O) groups excluding carboxylic acids is 2. The SMILES string of the molecule is CCCc1cc(Oc2nnc(Cl)c3ccccc23)ccc1CC1SC(=O)NC1=O. The Morgan fingerprint density at radius 3 is 2.62 bits per heavy atom. The number of amides is 2. The molecule has 1 aromatic heterocycles. The highest BCUT2D eigenvalue weighted by Gasteiger charge is 2.32. The van der Waals surface area contributed by atoms with Gasteiger partial charge >= 0.3 is 0 Å². The molecule has 0 spiro atoms.